The normalized spacial score (nSPS) is 18.5. The van der Waals surface area contributed by atoms with Gasteiger partial charge in [-0.15, -0.1) is 0 Å². The van der Waals surface area contributed by atoms with E-state index in [0.29, 0.717) is 18.7 Å². The van der Waals surface area contributed by atoms with E-state index in [1.165, 1.54) is 5.56 Å². The van der Waals surface area contributed by atoms with Crippen LogP contribution in [0.15, 0.2) is 24.3 Å². The van der Waals surface area contributed by atoms with Gasteiger partial charge in [-0.3, -0.25) is 9.59 Å². The predicted molar refractivity (Wildman–Crippen MR) is 80.1 cm³/mol. The van der Waals surface area contributed by atoms with Gasteiger partial charge in [-0.25, -0.2) is 0 Å². The summed E-state index contributed by atoms with van der Waals surface area (Å²) in [5, 5.41) is 5.52. The van der Waals surface area contributed by atoms with Crippen LogP contribution >= 0.6 is 0 Å². The highest BCUT2D eigenvalue weighted by atomic mass is 16.5. The molecule has 1 aliphatic heterocycles. The standard InChI is InChI=1S/C16H22N2O3/c1-2-12-6-8-13(9-7-12)21-11-15(19)18-14-5-3-4-10-17-16(14)20/h6-9,14H,2-5,10-11H2,1H3,(H,17,20)(H,18,19)/t14-/m1/s1. The zero-order valence-corrected chi connectivity index (χ0v) is 12.4. The van der Waals surface area contributed by atoms with E-state index in [1.54, 1.807) is 0 Å². The Kier molecular flexibility index (Phi) is 5.60. The van der Waals surface area contributed by atoms with E-state index in [9.17, 15) is 9.59 Å². The first-order valence-corrected chi connectivity index (χ1v) is 7.48. The molecule has 1 atom stereocenters. The minimum atomic E-state index is -0.439. The van der Waals surface area contributed by atoms with Gasteiger partial charge in [0.1, 0.15) is 11.8 Å². The molecule has 1 aromatic carbocycles. The molecular weight excluding hydrogens is 268 g/mol. The van der Waals surface area contributed by atoms with E-state index in [0.717, 1.165) is 19.3 Å². The van der Waals surface area contributed by atoms with E-state index < -0.39 is 6.04 Å². The van der Waals surface area contributed by atoms with E-state index in [2.05, 4.69) is 17.6 Å². The van der Waals surface area contributed by atoms with Gasteiger partial charge in [0, 0.05) is 6.54 Å². The lowest BCUT2D eigenvalue weighted by Crippen LogP contribution is -2.46. The van der Waals surface area contributed by atoms with Crippen molar-refractivity contribution < 1.29 is 14.3 Å². The molecule has 1 aromatic rings. The number of hydrogen-bond acceptors (Lipinski definition) is 3. The van der Waals surface area contributed by atoms with E-state index >= 15 is 0 Å². The SMILES string of the molecule is CCc1ccc(OCC(=O)N[C@@H]2CCCCNC2=O)cc1. The number of benzene rings is 1. The molecule has 2 N–H and O–H groups in total. The molecule has 0 aliphatic carbocycles. The minimum Gasteiger partial charge on any atom is -0.484 e. The Balaban J connectivity index is 1.79. The van der Waals surface area contributed by atoms with E-state index in [4.69, 9.17) is 4.74 Å². The molecule has 0 spiro atoms. The van der Waals surface area contributed by atoms with Crippen LogP contribution in [-0.2, 0) is 16.0 Å². The first-order valence-electron chi connectivity index (χ1n) is 7.48. The quantitative estimate of drug-likeness (QED) is 0.861. The van der Waals surface area contributed by atoms with Crippen LogP contribution in [0, 0.1) is 0 Å². The summed E-state index contributed by atoms with van der Waals surface area (Å²) in [6.07, 6.45) is 3.54. The molecule has 21 heavy (non-hydrogen) atoms. The van der Waals surface area contributed by atoms with Crippen LogP contribution in [0.5, 0.6) is 5.75 Å². The molecule has 1 aliphatic rings. The lowest BCUT2D eigenvalue weighted by atomic mass is 10.1. The molecule has 1 fully saturated rings. The van der Waals surface area contributed by atoms with Gasteiger partial charge in [-0.05, 0) is 43.4 Å². The predicted octanol–water partition coefficient (Wildman–Crippen LogP) is 1.41. The summed E-state index contributed by atoms with van der Waals surface area (Å²) in [7, 11) is 0. The second-order valence-corrected chi connectivity index (χ2v) is 5.19. The van der Waals surface area contributed by atoms with Crippen molar-refractivity contribution in [3.05, 3.63) is 29.8 Å². The van der Waals surface area contributed by atoms with Crippen LogP contribution in [-0.4, -0.2) is 31.0 Å². The first kappa shape index (κ1) is 15.4. The van der Waals surface area contributed by atoms with Crippen molar-refractivity contribution in [3.63, 3.8) is 0 Å². The molecule has 0 aromatic heterocycles. The average molecular weight is 290 g/mol. The molecule has 0 unspecified atom stereocenters. The summed E-state index contributed by atoms with van der Waals surface area (Å²) in [5.41, 5.74) is 1.22. The monoisotopic (exact) mass is 290 g/mol. The Morgan fingerprint density at radius 1 is 1.33 bits per heavy atom. The Hall–Kier alpha value is -2.04. The largest absolute Gasteiger partial charge is 0.484 e. The van der Waals surface area contributed by atoms with Crippen molar-refractivity contribution in [3.8, 4) is 5.75 Å². The summed E-state index contributed by atoms with van der Waals surface area (Å²) in [4.78, 5) is 23.6. The number of carbonyl (C=O) groups excluding carboxylic acids is 2. The molecule has 2 rings (SSSR count). The third-order valence-electron chi connectivity index (χ3n) is 3.57. The van der Waals surface area contributed by atoms with Crippen LogP contribution in [0.4, 0.5) is 0 Å². The second kappa shape index (κ2) is 7.67. The van der Waals surface area contributed by atoms with Crippen LogP contribution < -0.4 is 15.4 Å². The summed E-state index contributed by atoms with van der Waals surface area (Å²) >= 11 is 0. The Labute approximate surface area is 125 Å². The van der Waals surface area contributed by atoms with Crippen molar-refractivity contribution in [1.29, 1.82) is 0 Å². The topological polar surface area (TPSA) is 67.4 Å². The smallest absolute Gasteiger partial charge is 0.258 e. The van der Waals surface area contributed by atoms with Crippen LogP contribution in [0.1, 0.15) is 31.7 Å². The van der Waals surface area contributed by atoms with Gasteiger partial charge >= 0.3 is 0 Å². The molecule has 0 bridgehead atoms. The van der Waals surface area contributed by atoms with Gasteiger partial charge in [0.15, 0.2) is 6.61 Å². The maximum atomic E-state index is 11.8. The number of ether oxygens (including phenoxy) is 1. The van der Waals surface area contributed by atoms with Gasteiger partial charge in [0.05, 0.1) is 0 Å². The Morgan fingerprint density at radius 3 is 2.81 bits per heavy atom. The van der Waals surface area contributed by atoms with Gasteiger partial charge in [-0.1, -0.05) is 19.1 Å². The van der Waals surface area contributed by atoms with Crippen molar-refractivity contribution in [2.24, 2.45) is 0 Å². The Bertz CT molecular complexity index is 485. The third-order valence-corrected chi connectivity index (χ3v) is 3.57. The molecule has 5 heteroatoms. The van der Waals surface area contributed by atoms with Crippen LogP contribution in [0.3, 0.4) is 0 Å². The molecule has 5 nitrogen and oxygen atoms in total. The lowest BCUT2D eigenvalue weighted by Gasteiger charge is -2.15. The van der Waals surface area contributed by atoms with Crippen molar-refractivity contribution >= 4 is 11.8 Å². The third kappa shape index (κ3) is 4.77. The summed E-state index contributed by atoms with van der Waals surface area (Å²) in [6.45, 7) is 2.70. The Morgan fingerprint density at radius 2 is 2.10 bits per heavy atom. The first-order chi connectivity index (χ1) is 10.2. The number of aryl methyl sites for hydroxylation is 1. The van der Waals surface area contributed by atoms with Gasteiger partial charge in [0.2, 0.25) is 5.91 Å². The molecule has 0 radical (unpaired) electrons. The molecule has 1 saturated heterocycles. The number of rotatable bonds is 5. The van der Waals surface area contributed by atoms with E-state index in [-0.39, 0.29) is 18.4 Å². The molecule has 114 valence electrons. The molecule has 2 amide bonds. The molecule has 1 heterocycles. The summed E-state index contributed by atoms with van der Waals surface area (Å²) < 4.78 is 5.43. The van der Waals surface area contributed by atoms with Crippen molar-refractivity contribution in [2.75, 3.05) is 13.2 Å². The maximum absolute atomic E-state index is 11.8. The van der Waals surface area contributed by atoms with E-state index in [1.807, 2.05) is 24.3 Å². The lowest BCUT2D eigenvalue weighted by molar-refractivity contribution is -0.129. The van der Waals surface area contributed by atoms with Gasteiger partial charge < -0.3 is 15.4 Å². The number of carbonyl (C=O) groups is 2. The van der Waals surface area contributed by atoms with Gasteiger partial charge in [0.25, 0.3) is 5.91 Å². The highest BCUT2D eigenvalue weighted by Crippen LogP contribution is 2.12. The highest BCUT2D eigenvalue weighted by molar-refractivity contribution is 5.88. The number of hydrogen-bond donors (Lipinski definition) is 2. The highest BCUT2D eigenvalue weighted by Gasteiger charge is 2.22. The zero-order valence-electron chi connectivity index (χ0n) is 12.4. The number of amides is 2. The minimum absolute atomic E-state index is 0.0742. The molecular formula is C16H22N2O3. The van der Waals surface area contributed by atoms with Crippen molar-refractivity contribution in [1.82, 2.24) is 10.6 Å². The average Bonchev–Trinajstić information content (AvgIpc) is 2.71. The molecule has 0 saturated carbocycles. The summed E-state index contributed by atoms with van der Waals surface area (Å²) in [6, 6.07) is 7.22. The fourth-order valence-corrected chi connectivity index (χ4v) is 2.28. The number of nitrogens with one attached hydrogen (secondary N) is 2. The second-order valence-electron chi connectivity index (χ2n) is 5.19. The fourth-order valence-electron chi connectivity index (χ4n) is 2.28. The fraction of sp³-hybridized carbons (Fsp3) is 0.500. The maximum Gasteiger partial charge on any atom is 0.258 e. The van der Waals surface area contributed by atoms with Crippen LogP contribution in [0.2, 0.25) is 0 Å². The summed E-state index contributed by atoms with van der Waals surface area (Å²) in [5.74, 6) is 0.289. The van der Waals surface area contributed by atoms with Crippen molar-refractivity contribution in [2.45, 2.75) is 38.6 Å². The van der Waals surface area contributed by atoms with Gasteiger partial charge in [-0.2, -0.15) is 0 Å². The van der Waals surface area contributed by atoms with Crippen LogP contribution in [0.25, 0.3) is 0 Å². The zero-order chi connectivity index (χ0) is 15.1.